The Morgan fingerprint density at radius 3 is 2.47 bits per heavy atom. The van der Waals surface area contributed by atoms with Crippen molar-refractivity contribution in [2.75, 3.05) is 14.1 Å². The third-order valence-electron chi connectivity index (χ3n) is 2.65. The van der Waals surface area contributed by atoms with Gasteiger partial charge >= 0.3 is 5.69 Å². The van der Waals surface area contributed by atoms with Gasteiger partial charge in [0.2, 0.25) is 0 Å². The SMILES string of the molecule is CN(C)Cn1cnc2c1c(=O)n(C)c(=O)n2C. The molecular formula is C10H15N5O2. The first kappa shape index (κ1) is 11.6. The number of hydrogen-bond donors (Lipinski definition) is 0. The van der Waals surface area contributed by atoms with Gasteiger partial charge in [-0.05, 0) is 14.1 Å². The number of nitrogens with zero attached hydrogens (tertiary/aromatic N) is 5. The maximum atomic E-state index is 12.0. The van der Waals surface area contributed by atoms with Crippen LogP contribution in [0.2, 0.25) is 0 Å². The second kappa shape index (κ2) is 3.85. The van der Waals surface area contributed by atoms with Gasteiger partial charge in [0, 0.05) is 14.1 Å². The summed E-state index contributed by atoms with van der Waals surface area (Å²) in [7, 11) is 6.88. The van der Waals surface area contributed by atoms with Gasteiger partial charge in [-0.15, -0.1) is 0 Å². The quantitative estimate of drug-likeness (QED) is 0.668. The average Bonchev–Trinajstić information content (AvgIpc) is 2.66. The van der Waals surface area contributed by atoms with Gasteiger partial charge in [0.25, 0.3) is 5.56 Å². The largest absolute Gasteiger partial charge is 0.332 e. The van der Waals surface area contributed by atoms with Gasteiger partial charge in [0.1, 0.15) is 0 Å². The Labute approximate surface area is 97.5 Å². The van der Waals surface area contributed by atoms with Crippen LogP contribution in [0.15, 0.2) is 15.9 Å². The lowest BCUT2D eigenvalue weighted by Gasteiger charge is -2.11. The zero-order chi connectivity index (χ0) is 12.7. The zero-order valence-corrected chi connectivity index (χ0v) is 10.3. The summed E-state index contributed by atoms with van der Waals surface area (Å²) in [5.41, 5.74) is 0.184. The predicted molar refractivity (Wildman–Crippen MR) is 63.9 cm³/mol. The van der Waals surface area contributed by atoms with E-state index in [9.17, 15) is 9.59 Å². The van der Waals surface area contributed by atoms with Crippen LogP contribution in [0.4, 0.5) is 0 Å². The van der Waals surface area contributed by atoms with Crippen molar-refractivity contribution in [3.63, 3.8) is 0 Å². The molecule has 7 heteroatoms. The molecule has 0 amide bonds. The van der Waals surface area contributed by atoms with Gasteiger partial charge in [-0.25, -0.2) is 9.78 Å². The maximum absolute atomic E-state index is 12.0. The van der Waals surface area contributed by atoms with Crippen molar-refractivity contribution in [3.8, 4) is 0 Å². The summed E-state index contributed by atoms with van der Waals surface area (Å²) in [4.78, 5) is 29.8. The number of hydrogen-bond acceptors (Lipinski definition) is 4. The standard InChI is InChI=1S/C10H15N5O2/c1-12(2)6-15-5-11-8-7(15)9(16)14(4)10(17)13(8)3/h5H,6H2,1-4H3. The lowest BCUT2D eigenvalue weighted by molar-refractivity contribution is 0.331. The molecule has 0 radical (unpaired) electrons. The number of fused-ring (bicyclic) bond motifs is 1. The van der Waals surface area contributed by atoms with Crippen LogP contribution < -0.4 is 11.2 Å². The van der Waals surface area contributed by atoms with Crippen molar-refractivity contribution in [1.82, 2.24) is 23.6 Å². The van der Waals surface area contributed by atoms with Gasteiger partial charge in [0.05, 0.1) is 13.0 Å². The Balaban J connectivity index is 2.86. The van der Waals surface area contributed by atoms with Crippen LogP contribution in [0.3, 0.4) is 0 Å². The Bertz CT molecular complexity index is 676. The van der Waals surface area contributed by atoms with Gasteiger partial charge in [0.15, 0.2) is 11.2 Å². The molecule has 2 aromatic rings. The molecule has 2 heterocycles. The molecule has 7 nitrogen and oxygen atoms in total. The first-order valence-corrected chi connectivity index (χ1v) is 5.19. The summed E-state index contributed by atoms with van der Waals surface area (Å²) < 4.78 is 4.20. The molecule has 2 rings (SSSR count). The van der Waals surface area contributed by atoms with E-state index >= 15 is 0 Å². The van der Waals surface area contributed by atoms with E-state index in [-0.39, 0.29) is 11.2 Å². The first-order valence-electron chi connectivity index (χ1n) is 5.19. The van der Waals surface area contributed by atoms with E-state index in [0.29, 0.717) is 17.8 Å². The fourth-order valence-electron chi connectivity index (χ4n) is 1.81. The van der Waals surface area contributed by atoms with Crippen molar-refractivity contribution in [2.24, 2.45) is 14.1 Å². The van der Waals surface area contributed by atoms with Crippen molar-refractivity contribution >= 4 is 11.2 Å². The van der Waals surface area contributed by atoms with Gasteiger partial charge in [-0.3, -0.25) is 18.8 Å². The number of aryl methyl sites for hydroxylation is 1. The molecule has 0 atom stereocenters. The third-order valence-corrected chi connectivity index (χ3v) is 2.65. The van der Waals surface area contributed by atoms with Crippen LogP contribution in [-0.4, -0.2) is 37.7 Å². The number of imidazole rings is 1. The summed E-state index contributed by atoms with van der Waals surface area (Å²) in [5.74, 6) is 0. The highest BCUT2D eigenvalue weighted by Crippen LogP contribution is 2.05. The van der Waals surface area contributed by atoms with E-state index in [0.717, 1.165) is 4.57 Å². The van der Waals surface area contributed by atoms with Crippen LogP contribution in [0.1, 0.15) is 0 Å². The Hall–Kier alpha value is -1.89. The van der Waals surface area contributed by atoms with Crippen LogP contribution in [-0.2, 0) is 20.8 Å². The highest BCUT2D eigenvalue weighted by Gasteiger charge is 2.13. The molecule has 0 aromatic carbocycles. The molecule has 2 aromatic heterocycles. The van der Waals surface area contributed by atoms with E-state index in [4.69, 9.17) is 0 Å². The summed E-state index contributed by atoms with van der Waals surface area (Å²) in [6.07, 6.45) is 1.57. The molecule has 0 spiro atoms. The van der Waals surface area contributed by atoms with Crippen LogP contribution in [0, 0.1) is 0 Å². The molecule has 0 unspecified atom stereocenters. The molecule has 17 heavy (non-hydrogen) atoms. The molecule has 0 aliphatic rings. The first-order chi connectivity index (χ1) is 7.93. The summed E-state index contributed by atoms with van der Waals surface area (Å²) in [5, 5.41) is 0. The highest BCUT2D eigenvalue weighted by atomic mass is 16.2. The molecule has 0 saturated carbocycles. The Morgan fingerprint density at radius 1 is 1.24 bits per heavy atom. The lowest BCUT2D eigenvalue weighted by Crippen LogP contribution is -2.37. The van der Waals surface area contributed by atoms with Gasteiger partial charge < -0.3 is 4.57 Å². The number of rotatable bonds is 2. The lowest BCUT2D eigenvalue weighted by atomic mass is 10.5. The summed E-state index contributed by atoms with van der Waals surface area (Å²) in [6.45, 7) is 0.546. The maximum Gasteiger partial charge on any atom is 0.332 e. The molecule has 0 fully saturated rings. The molecular weight excluding hydrogens is 222 g/mol. The van der Waals surface area contributed by atoms with Crippen molar-refractivity contribution < 1.29 is 0 Å². The molecule has 0 saturated heterocycles. The minimum atomic E-state index is -0.363. The van der Waals surface area contributed by atoms with E-state index < -0.39 is 0 Å². The second-order valence-electron chi connectivity index (χ2n) is 4.31. The van der Waals surface area contributed by atoms with E-state index in [1.807, 2.05) is 19.0 Å². The average molecular weight is 237 g/mol. The van der Waals surface area contributed by atoms with Crippen molar-refractivity contribution in [2.45, 2.75) is 6.67 Å². The second-order valence-corrected chi connectivity index (χ2v) is 4.31. The third kappa shape index (κ3) is 1.68. The molecule has 0 aliphatic carbocycles. The molecule has 0 bridgehead atoms. The molecule has 0 N–H and O–H groups in total. The van der Waals surface area contributed by atoms with Crippen molar-refractivity contribution in [1.29, 1.82) is 0 Å². The fourth-order valence-corrected chi connectivity index (χ4v) is 1.81. The minimum Gasteiger partial charge on any atom is -0.311 e. The molecule has 0 aliphatic heterocycles. The highest BCUT2D eigenvalue weighted by molar-refractivity contribution is 5.69. The van der Waals surface area contributed by atoms with E-state index in [2.05, 4.69) is 4.98 Å². The predicted octanol–water partition coefficient (Wildman–Crippen LogP) is -1.05. The van der Waals surface area contributed by atoms with Gasteiger partial charge in [-0.2, -0.15) is 0 Å². The fraction of sp³-hybridized carbons (Fsp3) is 0.500. The minimum absolute atomic E-state index is 0.317. The topological polar surface area (TPSA) is 65.1 Å². The Morgan fingerprint density at radius 2 is 1.88 bits per heavy atom. The summed E-state index contributed by atoms with van der Waals surface area (Å²) >= 11 is 0. The van der Waals surface area contributed by atoms with E-state index in [1.165, 1.54) is 11.6 Å². The van der Waals surface area contributed by atoms with Crippen molar-refractivity contribution in [3.05, 3.63) is 27.2 Å². The Kier molecular flexibility index (Phi) is 2.62. The van der Waals surface area contributed by atoms with Gasteiger partial charge in [-0.1, -0.05) is 0 Å². The summed E-state index contributed by atoms with van der Waals surface area (Å²) in [6, 6.07) is 0. The molecule has 92 valence electrons. The number of aromatic nitrogens is 4. The van der Waals surface area contributed by atoms with Crippen LogP contribution >= 0.6 is 0 Å². The van der Waals surface area contributed by atoms with Crippen LogP contribution in [0.25, 0.3) is 11.2 Å². The van der Waals surface area contributed by atoms with Crippen LogP contribution in [0.5, 0.6) is 0 Å². The smallest absolute Gasteiger partial charge is 0.311 e. The monoisotopic (exact) mass is 237 g/mol. The normalized spacial score (nSPS) is 11.6. The van der Waals surface area contributed by atoms with E-state index in [1.54, 1.807) is 17.9 Å². The zero-order valence-electron chi connectivity index (χ0n) is 10.3.